The number of sulfonamides is 1. The summed E-state index contributed by atoms with van der Waals surface area (Å²) in [6.07, 6.45) is 2.85. The quantitative estimate of drug-likeness (QED) is 0.781. The molecule has 0 unspecified atom stereocenters. The van der Waals surface area contributed by atoms with Crippen LogP contribution in [0.3, 0.4) is 0 Å². The Balaban J connectivity index is 1.71. The summed E-state index contributed by atoms with van der Waals surface area (Å²) >= 11 is 0. The van der Waals surface area contributed by atoms with Gasteiger partial charge in [-0.05, 0) is 67.1 Å². The largest absolute Gasteiger partial charge is 0.322 e. The topological polar surface area (TPSA) is 66.5 Å². The van der Waals surface area contributed by atoms with Crippen LogP contribution in [0, 0.1) is 0 Å². The van der Waals surface area contributed by atoms with Gasteiger partial charge in [-0.2, -0.15) is 4.31 Å². The molecule has 1 aliphatic rings. The highest BCUT2D eigenvalue weighted by atomic mass is 32.2. The van der Waals surface area contributed by atoms with Gasteiger partial charge in [-0.25, -0.2) is 8.42 Å². The van der Waals surface area contributed by atoms with Crippen molar-refractivity contribution in [3.63, 3.8) is 0 Å². The smallest absolute Gasteiger partial charge is 0.255 e. The number of rotatable bonds is 4. The van der Waals surface area contributed by atoms with Crippen LogP contribution in [0.5, 0.6) is 0 Å². The van der Waals surface area contributed by atoms with Crippen LogP contribution in [0.2, 0.25) is 0 Å². The fourth-order valence-corrected chi connectivity index (χ4v) is 5.30. The molecule has 0 bridgehead atoms. The van der Waals surface area contributed by atoms with Gasteiger partial charge in [0.15, 0.2) is 0 Å². The van der Waals surface area contributed by atoms with Gasteiger partial charge in [0.1, 0.15) is 0 Å². The number of nitrogens with one attached hydrogen (secondary N) is 1. The van der Waals surface area contributed by atoms with E-state index in [4.69, 9.17) is 0 Å². The number of carbonyl (C=O) groups excluding carboxylic acids is 1. The maximum Gasteiger partial charge on any atom is 0.255 e. The molecule has 1 saturated heterocycles. The van der Waals surface area contributed by atoms with Crippen molar-refractivity contribution in [1.82, 2.24) is 4.31 Å². The minimum absolute atomic E-state index is 0.0178. The lowest BCUT2D eigenvalue weighted by Crippen LogP contribution is -2.41. The first-order chi connectivity index (χ1) is 13.6. The van der Waals surface area contributed by atoms with Gasteiger partial charge in [-0.3, -0.25) is 4.79 Å². The fourth-order valence-electron chi connectivity index (χ4n) is 3.60. The lowest BCUT2D eigenvalue weighted by atomic mass is 9.87. The van der Waals surface area contributed by atoms with Gasteiger partial charge >= 0.3 is 0 Å². The summed E-state index contributed by atoms with van der Waals surface area (Å²) in [6.45, 7) is 8.90. The monoisotopic (exact) mass is 414 g/mol. The summed E-state index contributed by atoms with van der Waals surface area (Å²) in [5.74, 6) is -0.217. The maximum absolute atomic E-state index is 12.9. The lowest BCUT2D eigenvalue weighted by molar-refractivity contribution is 0.102. The van der Waals surface area contributed by atoms with Crippen molar-refractivity contribution in [3.05, 3.63) is 59.7 Å². The van der Waals surface area contributed by atoms with Crippen molar-refractivity contribution in [2.75, 3.05) is 11.9 Å². The number of amides is 1. The third-order valence-corrected chi connectivity index (χ3v) is 7.50. The number of carbonyl (C=O) groups is 1. The molecule has 2 aromatic rings. The predicted molar refractivity (Wildman–Crippen MR) is 117 cm³/mol. The predicted octanol–water partition coefficient (Wildman–Crippen LogP) is 4.80. The molecule has 5 nitrogen and oxygen atoms in total. The molecule has 1 N–H and O–H groups in total. The highest BCUT2D eigenvalue weighted by Crippen LogP contribution is 2.26. The summed E-state index contributed by atoms with van der Waals surface area (Å²) < 4.78 is 27.4. The lowest BCUT2D eigenvalue weighted by Gasteiger charge is -2.32. The molecule has 2 aromatic carbocycles. The van der Waals surface area contributed by atoms with Gasteiger partial charge < -0.3 is 5.32 Å². The summed E-state index contributed by atoms with van der Waals surface area (Å²) in [7, 11) is -3.51. The number of hydrogen-bond donors (Lipinski definition) is 1. The Kier molecular flexibility index (Phi) is 6.15. The van der Waals surface area contributed by atoms with Crippen molar-refractivity contribution in [3.8, 4) is 0 Å². The Labute approximate surface area is 174 Å². The van der Waals surface area contributed by atoms with Crippen molar-refractivity contribution in [2.24, 2.45) is 0 Å². The van der Waals surface area contributed by atoms with Crippen molar-refractivity contribution in [1.29, 1.82) is 0 Å². The molecule has 1 atom stereocenters. The van der Waals surface area contributed by atoms with E-state index in [9.17, 15) is 13.2 Å². The number of anilines is 1. The van der Waals surface area contributed by atoms with Crippen LogP contribution in [0.4, 0.5) is 5.69 Å². The molecule has 29 heavy (non-hydrogen) atoms. The number of benzene rings is 2. The zero-order valence-corrected chi connectivity index (χ0v) is 18.4. The van der Waals surface area contributed by atoms with E-state index >= 15 is 0 Å². The number of piperidine rings is 1. The average molecular weight is 415 g/mol. The Bertz CT molecular complexity index is 959. The first-order valence-corrected chi connectivity index (χ1v) is 11.6. The van der Waals surface area contributed by atoms with Gasteiger partial charge in [0.25, 0.3) is 5.91 Å². The molecule has 0 spiro atoms. The molecule has 156 valence electrons. The molecule has 0 aromatic heterocycles. The molecule has 0 radical (unpaired) electrons. The normalized spacial score (nSPS) is 18.4. The Hall–Kier alpha value is -2.18. The highest BCUT2D eigenvalue weighted by molar-refractivity contribution is 7.89. The highest BCUT2D eigenvalue weighted by Gasteiger charge is 2.30. The molecule has 1 heterocycles. The summed E-state index contributed by atoms with van der Waals surface area (Å²) in [4.78, 5) is 12.8. The van der Waals surface area contributed by atoms with Crippen LogP contribution in [0.25, 0.3) is 0 Å². The SMILES string of the molecule is C[C@H]1CCCCN1S(=O)(=O)c1ccc(NC(=O)c2ccc(C(C)(C)C)cc2)cc1. The summed E-state index contributed by atoms with van der Waals surface area (Å²) in [5, 5.41) is 2.84. The third-order valence-electron chi connectivity index (χ3n) is 5.47. The van der Waals surface area contributed by atoms with Crippen LogP contribution in [-0.4, -0.2) is 31.2 Å². The molecular formula is C23H30N2O3S. The van der Waals surface area contributed by atoms with E-state index in [0.717, 1.165) is 24.8 Å². The maximum atomic E-state index is 12.9. The standard InChI is InChI=1S/C23H30N2O3S/c1-17-7-5-6-16-25(17)29(27,28)21-14-12-20(13-15-21)24-22(26)18-8-10-19(11-9-18)23(2,3)4/h8-15,17H,5-7,16H2,1-4H3,(H,24,26)/t17-/m0/s1. The third kappa shape index (κ3) is 4.87. The molecule has 1 amide bonds. The van der Waals surface area contributed by atoms with Crippen LogP contribution >= 0.6 is 0 Å². The van der Waals surface area contributed by atoms with Crippen LogP contribution in [0.15, 0.2) is 53.4 Å². The first kappa shape index (κ1) is 21.5. The molecule has 0 aliphatic carbocycles. The van der Waals surface area contributed by atoms with E-state index in [1.54, 1.807) is 28.6 Å². The second-order valence-corrected chi connectivity index (χ2v) is 10.7. The van der Waals surface area contributed by atoms with E-state index in [0.29, 0.717) is 17.8 Å². The van der Waals surface area contributed by atoms with Crippen molar-refractivity contribution in [2.45, 2.75) is 63.3 Å². The van der Waals surface area contributed by atoms with Crippen LogP contribution in [-0.2, 0) is 15.4 Å². The second-order valence-electron chi connectivity index (χ2n) is 8.77. The molecular weight excluding hydrogens is 384 g/mol. The van der Waals surface area contributed by atoms with Crippen LogP contribution < -0.4 is 5.32 Å². The molecule has 1 aliphatic heterocycles. The second kappa shape index (κ2) is 8.28. The fraction of sp³-hybridized carbons (Fsp3) is 0.435. The average Bonchev–Trinajstić information content (AvgIpc) is 2.68. The van der Waals surface area contributed by atoms with E-state index in [-0.39, 0.29) is 22.3 Å². The molecule has 1 fully saturated rings. The van der Waals surface area contributed by atoms with Gasteiger partial charge in [0.2, 0.25) is 10.0 Å². The van der Waals surface area contributed by atoms with Crippen LogP contribution in [0.1, 0.15) is 62.9 Å². The van der Waals surface area contributed by atoms with E-state index in [1.165, 1.54) is 0 Å². The summed E-state index contributed by atoms with van der Waals surface area (Å²) in [5.41, 5.74) is 2.33. The van der Waals surface area contributed by atoms with Gasteiger partial charge in [0.05, 0.1) is 4.90 Å². The zero-order chi connectivity index (χ0) is 21.2. The zero-order valence-electron chi connectivity index (χ0n) is 17.6. The summed E-state index contributed by atoms with van der Waals surface area (Å²) in [6, 6.07) is 14.0. The van der Waals surface area contributed by atoms with Crippen molar-refractivity contribution >= 4 is 21.6 Å². The molecule has 6 heteroatoms. The van der Waals surface area contributed by atoms with E-state index in [2.05, 4.69) is 26.1 Å². The van der Waals surface area contributed by atoms with Crippen molar-refractivity contribution < 1.29 is 13.2 Å². The minimum atomic E-state index is -3.51. The van der Waals surface area contributed by atoms with Gasteiger partial charge in [0, 0.05) is 23.8 Å². The van der Waals surface area contributed by atoms with Gasteiger partial charge in [-0.1, -0.05) is 39.3 Å². The first-order valence-electron chi connectivity index (χ1n) is 10.1. The number of nitrogens with zero attached hydrogens (tertiary/aromatic N) is 1. The number of hydrogen-bond acceptors (Lipinski definition) is 3. The molecule has 0 saturated carbocycles. The van der Waals surface area contributed by atoms with E-state index < -0.39 is 10.0 Å². The Morgan fingerprint density at radius 2 is 1.62 bits per heavy atom. The van der Waals surface area contributed by atoms with E-state index in [1.807, 2.05) is 31.2 Å². The Morgan fingerprint density at radius 1 is 1.00 bits per heavy atom. The van der Waals surface area contributed by atoms with Gasteiger partial charge in [-0.15, -0.1) is 0 Å². The minimum Gasteiger partial charge on any atom is -0.322 e. The Morgan fingerprint density at radius 3 is 2.17 bits per heavy atom. The molecule has 3 rings (SSSR count).